The lowest BCUT2D eigenvalue weighted by atomic mass is 9.98. The van der Waals surface area contributed by atoms with E-state index in [2.05, 4.69) is 81.5 Å². The Hall–Kier alpha value is -3.58. The summed E-state index contributed by atoms with van der Waals surface area (Å²) in [6.07, 6.45) is 53.3. The van der Waals surface area contributed by atoms with Crippen molar-refractivity contribution in [1.82, 2.24) is 0 Å². The van der Waals surface area contributed by atoms with E-state index in [1.165, 1.54) is 109 Å². The third kappa shape index (κ3) is 43.0. The molecule has 0 aromatic carbocycles. The Kier molecular flexibility index (Phi) is 49.2. The van der Waals surface area contributed by atoms with E-state index in [0.29, 0.717) is 19.3 Å². The maximum absolute atomic E-state index is 13.1. The highest BCUT2D eigenvalue weighted by atomic mass is 16.7. The molecular weight excluding hydrogens is 973 g/mol. The molecule has 0 saturated carbocycles. The largest absolute Gasteiger partial charge is 0.479 e. The Morgan fingerprint density at radius 2 is 0.818 bits per heavy atom. The van der Waals surface area contributed by atoms with E-state index in [1.807, 2.05) is 0 Å². The molecule has 0 bridgehead atoms. The fourth-order valence-corrected chi connectivity index (χ4v) is 9.25. The van der Waals surface area contributed by atoms with Crippen LogP contribution in [0.5, 0.6) is 0 Å². The number of aliphatic carboxylic acids is 1. The van der Waals surface area contributed by atoms with Crippen LogP contribution in [0.15, 0.2) is 60.8 Å². The van der Waals surface area contributed by atoms with Gasteiger partial charge in [0.15, 0.2) is 24.6 Å². The van der Waals surface area contributed by atoms with Gasteiger partial charge in [-0.15, -0.1) is 0 Å². The van der Waals surface area contributed by atoms with E-state index in [1.54, 1.807) is 0 Å². The second-order valence-corrected chi connectivity index (χ2v) is 21.3. The molecule has 0 amide bonds. The molecule has 0 aliphatic carbocycles. The standard InChI is InChI=1S/C65H112O12/c1-4-7-10-13-16-19-22-25-27-28-29-30-32-35-38-41-44-47-50-53-59(68)76-63-61(70)60(69)62(64(71)72)77-65(63)74-55-56(75-58(67)52-49-46-43-40-37-33-24-21-18-15-12-9-6-3)54-73-57(66)51-48-45-42-39-36-34-31-26-23-20-17-14-11-8-5-2/h9,12,18,21,25-27,31,33,37,56,60-63,65,69-70H,4-8,10-11,13-17,19-20,22-24,28-30,32,34-36,38-55H2,1-3H3,(H,71,72)/b12-9-,21-18-,27-25-,31-26-,37-33-. The van der Waals surface area contributed by atoms with Crippen LogP contribution in [0, 0.1) is 0 Å². The molecule has 1 rings (SSSR count). The maximum Gasteiger partial charge on any atom is 0.335 e. The van der Waals surface area contributed by atoms with E-state index in [4.69, 9.17) is 23.7 Å². The molecule has 444 valence electrons. The van der Waals surface area contributed by atoms with Gasteiger partial charge in [0.1, 0.15) is 18.8 Å². The molecule has 0 spiro atoms. The summed E-state index contributed by atoms with van der Waals surface area (Å²) >= 11 is 0. The Morgan fingerprint density at radius 1 is 0.442 bits per heavy atom. The van der Waals surface area contributed by atoms with Gasteiger partial charge in [-0.2, -0.15) is 0 Å². The van der Waals surface area contributed by atoms with Crippen molar-refractivity contribution >= 4 is 23.9 Å². The minimum Gasteiger partial charge on any atom is -0.479 e. The number of hydrogen-bond donors (Lipinski definition) is 3. The van der Waals surface area contributed by atoms with E-state index >= 15 is 0 Å². The Bertz CT molecular complexity index is 1570. The van der Waals surface area contributed by atoms with Gasteiger partial charge < -0.3 is 39.0 Å². The number of carbonyl (C=O) groups excluding carboxylic acids is 3. The van der Waals surface area contributed by atoms with Crippen molar-refractivity contribution in [2.45, 2.75) is 314 Å². The molecule has 1 fully saturated rings. The molecule has 0 radical (unpaired) electrons. The highest BCUT2D eigenvalue weighted by Gasteiger charge is 2.50. The molecular formula is C65H112O12. The number of carboxylic acids is 1. The predicted octanol–water partition coefficient (Wildman–Crippen LogP) is 16.3. The minimum atomic E-state index is -1.91. The summed E-state index contributed by atoms with van der Waals surface area (Å²) in [6, 6.07) is 0. The van der Waals surface area contributed by atoms with Crippen LogP contribution in [-0.4, -0.2) is 89.2 Å². The summed E-state index contributed by atoms with van der Waals surface area (Å²) in [7, 11) is 0. The lowest BCUT2D eigenvalue weighted by Gasteiger charge is -2.40. The normalized spacial score (nSPS) is 18.4. The van der Waals surface area contributed by atoms with Crippen LogP contribution >= 0.6 is 0 Å². The molecule has 1 saturated heterocycles. The average Bonchev–Trinajstić information content (AvgIpc) is 3.42. The summed E-state index contributed by atoms with van der Waals surface area (Å²) in [6.45, 7) is 5.86. The predicted molar refractivity (Wildman–Crippen MR) is 312 cm³/mol. The van der Waals surface area contributed by atoms with Crippen molar-refractivity contribution < 1.29 is 58.2 Å². The number of unbranched alkanes of at least 4 members (excludes halogenated alkanes) is 29. The monoisotopic (exact) mass is 1080 g/mol. The zero-order valence-corrected chi connectivity index (χ0v) is 49.0. The smallest absolute Gasteiger partial charge is 0.335 e. The van der Waals surface area contributed by atoms with Gasteiger partial charge in [0.25, 0.3) is 0 Å². The number of aliphatic hydroxyl groups excluding tert-OH is 2. The molecule has 0 aromatic heterocycles. The maximum atomic E-state index is 13.1. The summed E-state index contributed by atoms with van der Waals surface area (Å²) in [5, 5.41) is 31.5. The fraction of sp³-hybridized carbons (Fsp3) is 0.785. The van der Waals surface area contributed by atoms with Gasteiger partial charge in [-0.1, -0.05) is 216 Å². The Morgan fingerprint density at radius 3 is 1.27 bits per heavy atom. The van der Waals surface area contributed by atoms with Gasteiger partial charge in [-0.3, -0.25) is 14.4 Å². The highest BCUT2D eigenvalue weighted by Crippen LogP contribution is 2.26. The van der Waals surface area contributed by atoms with Crippen LogP contribution in [0.2, 0.25) is 0 Å². The third-order valence-electron chi connectivity index (χ3n) is 14.0. The van der Waals surface area contributed by atoms with Crippen molar-refractivity contribution in [3.05, 3.63) is 60.8 Å². The minimum absolute atomic E-state index is 0.0541. The zero-order chi connectivity index (χ0) is 56.1. The van der Waals surface area contributed by atoms with Crippen molar-refractivity contribution in [2.24, 2.45) is 0 Å². The van der Waals surface area contributed by atoms with Gasteiger partial charge in [0.2, 0.25) is 0 Å². The lowest BCUT2D eigenvalue weighted by Crippen LogP contribution is -2.61. The lowest BCUT2D eigenvalue weighted by molar-refractivity contribution is -0.301. The van der Waals surface area contributed by atoms with E-state index in [9.17, 15) is 34.5 Å². The van der Waals surface area contributed by atoms with Crippen LogP contribution in [0.25, 0.3) is 0 Å². The third-order valence-corrected chi connectivity index (χ3v) is 14.0. The second kappa shape index (κ2) is 53.1. The van der Waals surface area contributed by atoms with Gasteiger partial charge in [-0.25, -0.2) is 4.79 Å². The first kappa shape index (κ1) is 71.4. The van der Waals surface area contributed by atoms with Crippen molar-refractivity contribution in [3.63, 3.8) is 0 Å². The number of esters is 3. The summed E-state index contributed by atoms with van der Waals surface area (Å²) in [5.41, 5.74) is 0. The number of hydrogen-bond acceptors (Lipinski definition) is 11. The first-order valence-corrected chi connectivity index (χ1v) is 31.3. The average molecular weight is 1090 g/mol. The first-order valence-electron chi connectivity index (χ1n) is 31.3. The number of carboxylic acid groups (broad SMARTS) is 1. The van der Waals surface area contributed by atoms with Crippen molar-refractivity contribution in [1.29, 1.82) is 0 Å². The molecule has 1 aliphatic heterocycles. The molecule has 0 aromatic rings. The summed E-state index contributed by atoms with van der Waals surface area (Å²) in [5.74, 6) is -3.16. The molecule has 6 unspecified atom stereocenters. The van der Waals surface area contributed by atoms with Gasteiger partial charge in [-0.05, 0) is 103 Å². The van der Waals surface area contributed by atoms with Crippen LogP contribution in [0.1, 0.15) is 278 Å². The second-order valence-electron chi connectivity index (χ2n) is 21.3. The molecule has 3 N–H and O–H groups in total. The van der Waals surface area contributed by atoms with Crippen LogP contribution < -0.4 is 0 Å². The number of allylic oxidation sites excluding steroid dienone is 10. The first-order chi connectivity index (χ1) is 37.6. The van der Waals surface area contributed by atoms with Gasteiger partial charge >= 0.3 is 23.9 Å². The van der Waals surface area contributed by atoms with Crippen molar-refractivity contribution in [3.8, 4) is 0 Å². The molecule has 6 atom stereocenters. The number of rotatable bonds is 53. The fourth-order valence-electron chi connectivity index (χ4n) is 9.25. The van der Waals surface area contributed by atoms with Gasteiger partial charge in [0, 0.05) is 19.3 Å². The number of aliphatic hydroxyl groups is 2. The number of carbonyl (C=O) groups is 4. The Labute approximate surface area is 468 Å². The number of ether oxygens (including phenoxy) is 5. The SMILES string of the molecule is CC/C=C\C/C=C\C/C=C\CCCCCC(=O)OC(COC(=O)CCCCCCC/C=C\CCCCCCCC)COC1OC(C(=O)O)C(O)C(O)C1OC(=O)CCCCCCCCCCC/C=C\CCCCCCCC. The molecule has 77 heavy (non-hydrogen) atoms. The zero-order valence-electron chi connectivity index (χ0n) is 49.0. The van der Waals surface area contributed by atoms with Crippen LogP contribution in [-0.2, 0) is 42.9 Å². The van der Waals surface area contributed by atoms with E-state index < -0.39 is 67.3 Å². The molecule has 1 aliphatic rings. The van der Waals surface area contributed by atoms with E-state index in [-0.39, 0.29) is 25.9 Å². The molecule has 1 heterocycles. The quantitative estimate of drug-likeness (QED) is 0.0228. The van der Waals surface area contributed by atoms with Crippen LogP contribution in [0.4, 0.5) is 0 Å². The van der Waals surface area contributed by atoms with Gasteiger partial charge in [0.05, 0.1) is 6.61 Å². The molecule has 12 nitrogen and oxygen atoms in total. The summed E-state index contributed by atoms with van der Waals surface area (Å²) in [4.78, 5) is 51.2. The van der Waals surface area contributed by atoms with Crippen molar-refractivity contribution in [2.75, 3.05) is 13.2 Å². The Balaban J connectivity index is 2.66. The van der Waals surface area contributed by atoms with Crippen LogP contribution in [0.3, 0.4) is 0 Å². The van der Waals surface area contributed by atoms with E-state index in [0.717, 1.165) is 109 Å². The topological polar surface area (TPSA) is 175 Å². The highest BCUT2D eigenvalue weighted by molar-refractivity contribution is 5.74. The molecule has 12 heteroatoms. The summed E-state index contributed by atoms with van der Waals surface area (Å²) < 4.78 is 28.4.